The largest absolute Gasteiger partial charge is 0.493 e. The van der Waals surface area contributed by atoms with E-state index in [0.29, 0.717) is 11.5 Å². The molecule has 0 bridgehead atoms. The summed E-state index contributed by atoms with van der Waals surface area (Å²) in [5.41, 5.74) is 5.32. The Labute approximate surface area is 131 Å². The highest BCUT2D eigenvalue weighted by atomic mass is 16.5. The lowest BCUT2D eigenvalue weighted by molar-refractivity contribution is -0.128. The van der Waals surface area contributed by atoms with E-state index in [1.807, 2.05) is 26.0 Å². The average molecular weight is 308 g/mol. The molecule has 0 fully saturated rings. The molecule has 1 rings (SSSR count). The lowest BCUT2D eigenvalue weighted by Gasteiger charge is -2.21. The Hall–Kier alpha value is -2.24. The molecule has 0 aliphatic heterocycles. The minimum absolute atomic E-state index is 0.00316. The third-order valence-corrected chi connectivity index (χ3v) is 3.49. The van der Waals surface area contributed by atoms with E-state index in [2.05, 4.69) is 5.32 Å². The highest BCUT2D eigenvalue weighted by Crippen LogP contribution is 2.25. The molecular formula is C16H24N2O4. The van der Waals surface area contributed by atoms with Crippen LogP contribution in [0.4, 0.5) is 0 Å². The van der Waals surface area contributed by atoms with Crippen molar-refractivity contribution in [3.63, 3.8) is 0 Å². The fourth-order valence-corrected chi connectivity index (χ4v) is 1.97. The monoisotopic (exact) mass is 308 g/mol. The van der Waals surface area contributed by atoms with Gasteiger partial charge in [0.05, 0.1) is 20.1 Å². The number of hydrogen-bond donors (Lipinski definition) is 2. The van der Waals surface area contributed by atoms with Crippen LogP contribution >= 0.6 is 0 Å². The molecule has 2 unspecified atom stereocenters. The van der Waals surface area contributed by atoms with Crippen LogP contribution in [0.15, 0.2) is 24.3 Å². The summed E-state index contributed by atoms with van der Waals surface area (Å²) in [4.78, 5) is 23.3. The normalized spacial score (nSPS) is 13.0. The number of nitrogens with two attached hydrogens (primary N) is 1. The first-order valence-electron chi connectivity index (χ1n) is 7.34. The van der Waals surface area contributed by atoms with Gasteiger partial charge < -0.3 is 20.5 Å². The van der Waals surface area contributed by atoms with Crippen LogP contribution in [0.3, 0.4) is 0 Å². The molecule has 0 aliphatic carbocycles. The smallest absolute Gasteiger partial charge is 0.240 e. The Balaban J connectivity index is 2.47. The van der Waals surface area contributed by atoms with Crippen molar-refractivity contribution in [1.82, 2.24) is 5.32 Å². The zero-order valence-corrected chi connectivity index (χ0v) is 13.3. The van der Waals surface area contributed by atoms with E-state index in [9.17, 15) is 9.59 Å². The summed E-state index contributed by atoms with van der Waals surface area (Å²) in [6.45, 7) is 4.01. The minimum atomic E-state index is -0.649. The molecule has 6 heteroatoms. The summed E-state index contributed by atoms with van der Waals surface area (Å²) in [7, 11) is 1.55. The molecule has 0 heterocycles. The lowest BCUT2D eigenvalue weighted by atomic mass is 9.98. The van der Waals surface area contributed by atoms with E-state index in [0.717, 1.165) is 6.42 Å². The van der Waals surface area contributed by atoms with Crippen LogP contribution in [-0.2, 0) is 9.59 Å². The number of methoxy groups -OCH3 is 1. The van der Waals surface area contributed by atoms with E-state index >= 15 is 0 Å². The van der Waals surface area contributed by atoms with Gasteiger partial charge in [0.25, 0.3) is 0 Å². The maximum absolute atomic E-state index is 11.9. The molecule has 3 N–H and O–H groups in total. The number of hydrogen-bond acceptors (Lipinski definition) is 4. The summed E-state index contributed by atoms with van der Waals surface area (Å²) >= 11 is 0. The number of ether oxygens (including phenoxy) is 2. The zero-order valence-electron chi connectivity index (χ0n) is 13.3. The molecule has 2 amide bonds. The molecule has 22 heavy (non-hydrogen) atoms. The first-order valence-corrected chi connectivity index (χ1v) is 7.34. The van der Waals surface area contributed by atoms with Crippen molar-refractivity contribution in [2.45, 2.75) is 32.7 Å². The molecule has 6 nitrogen and oxygen atoms in total. The Morgan fingerprint density at radius 3 is 2.45 bits per heavy atom. The molecule has 0 aliphatic rings. The van der Waals surface area contributed by atoms with Gasteiger partial charge in [-0.2, -0.15) is 0 Å². The molecule has 0 aromatic heterocycles. The molecule has 1 aromatic carbocycles. The Kier molecular flexibility index (Phi) is 7.22. The van der Waals surface area contributed by atoms with Gasteiger partial charge in [0.15, 0.2) is 11.5 Å². The number of amides is 2. The van der Waals surface area contributed by atoms with Crippen molar-refractivity contribution in [3.8, 4) is 11.5 Å². The fraction of sp³-hybridized carbons (Fsp3) is 0.500. The lowest BCUT2D eigenvalue weighted by Crippen LogP contribution is -2.48. The summed E-state index contributed by atoms with van der Waals surface area (Å²) in [5.74, 6) is 0.396. The second-order valence-corrected chi connectivity index (χ2v) is 5.08. The van der Waals surface area contributed by atoms with Crippen molar-refractivity contribution in [2.75, 3.05) is 13.7 Å². The molecular weight excluding hydrogens is 284 g/mol. The van der Waals surface area contributed by atoms with Crippen LogP contribution in [0.1, 0.15) is 26.7 Å². The van der Waals surface area contributed by atoms with Crippen LogP contribution < -0.4 is 20.5 Å². The van der Waals surface area contributed by atoms with E-state index < -0.39 is 11.9 Å². The van der Waals surface area contributed by atoms with Gasteiger partial charge in [0.2, 0.25) is 11.8 Å². The quantitative estimate of drug-likeness (QED) is 0.723. The highest BCUT2D eigenvalue weighted by molar-refractivity contribution is 5.86. The van der Waals surface area contributed by atoms with Gasteiger partial charge in [-0.15, -0.1) is 0 Å². The van der Waals surface area contributed by atoms with Gasteiger partial charge in [-0.25, -0.2) is 0 Å². The number of carbonyl (C=O) groups is 2. The highest BCUT2D eigenvalue weighted by Gasteiger charge is 2.23. The summed E-state index contributed by atoms with van der Waals surface area (Å²) < 4.78 is 10.7. The first kappa shape index (κ1) is 17.8. The third kappa shape index (κ3) is 5.27. The van der Waals surface area contributed by atoms with Gasteiger partial charge in [-0.3, -0.25) is 9.59 Å². The van der Waals surface area contributed by atoms with Gasteiger partial charge in [0, 0.05) is 0 Å². The van der Waals surface area contributed by atoms with E-state index in [1.54, 1.807) is 19.2 Å². The Morgan fingerprint density at radius 2 is 1.91 bits per heavy atom. The average Bonchev–Trinajstić information content (AvgIpc) is 2.52. The minimum Gasteiger partial charge on any atom is -0.493 e. The molecule has 2 atom stereocenters. The molecule has 0 saturated heterocycles. The van der Waals surface area contributed by atoms with E-state index in [4.69, 9.17) is 15.2 Å². The van der Waals surface area contributed by atoms with Crippen molar-refractivity contribution < 1.29 is 19.1 Å². The molecule has 0 spiro atoms. The van der Waals surface area contributed by atoms with Gasteiger partial charge >= 0.3 is 0 Å². The molecule has 1 aromatic rings. The number of benzene rings is 1. The van der Waals surface area contributed by atoms with Crippen molar-refractivity contribution in [1.29, 1.82) is 0 Å². The van der Waals surface area contributed by atoms with Gasteiger partial charge in [-0.05, 0) is 18.1 Å². The summed E-state index contributed by atoms with van der Waals surface area (Å²) in [6, 6.07) is 6.55. The summed E-state index contributed by atoms with van der Waals surface area (Å²) in [6.07, 6.45) is 0.893. The van der Waals surface area contributed by atoms with E-state index in [-0.39, 0.29) is 24.9 Å². The number of primary amides is 1. The number of nitrogens with one attached hydrogen (secondary N) is 1. The van der Waals surface area contributed by atoms with Gasteiger partial charge in [-0.1, -0.05) is 32.4 Å². The SMILES string of the molecule is CCC(C)C(NC(=O)CCOc1ccccc1OC)C(N)=O. The van der Waals surface area contributed by atoms with Crippen molar-refractivity contribution >= 4 is 11.8 Å². The molecule has 0 saturated carbocycles. The van der Waals surface area contributed by atoms with Crippen LogP contribution in [0.25, 0.3) is 0 Å². The van der Waals surface area contributed by atoms with Crippen molar-refractivity contribution in [2.24, 2.45) is 11.7 Å². The van der Waals surface area contributed by atoms with Crippen LogP contribution in [0.2, 0.25) is 0 Å². The number of para-hydroxylation sites is 2. The first-order chi connectivity index (χ1) is 10.5. The Morgan fingerprint density at radius 1 is 1.27 bits per heavy atom. The van der Waals surface area contributed by atoms with Crippen LogP contribution in [0, 0.1) is 5.92 Å². The predicted octanol–water partition coefficient (Wildman–Crippen LogP) is 1.48. The van der Waals surface area contributed by atoms with Crippen LogP contribution in [0.5, 0.6) is 11.5 Å². The molecule has 0 radical (unpaired) electrons. The van der Waals surface area contributed by atoms with Crippen LogP contribution in [-0.4, -0.2) is 31.6 Å². The fourth-order valence-electron chi connectivity index (χ4n) is 1.97. The topological polar surface area (TPSA) is 90.7 Å². The van der Waals surface area contributed by atoms with E-state index in [1.165, 1.54) is 0 Å². The standard InChI is InChI=1S/C16H24N2O4/c1-4-11(2)15(16(17)20)18-14(19)9-10-22-13-8-6-5-7-12(13)21-3/h5-8,11,15H,4,9-10H2,1-3H3,(H2,17,20)(H,18,19). The predicted molar refractivity (Wildman–Crippen MR) is 83.7 cm³/mol. The third-order valence-electron chi connectivity index (χ3n) is 3.49. The maximum Gasteiger partial charge on any atom is 0.240 e. The summed E-state index contributed by atoms with van der Waals surface area (Å²) in [5, 5.41) is 2.66. The number of rotatable bonds is 9. The Bertz CT molecular complexity index is 505. The number of carbonyl (C=O) groups excluding carboxylic acids is 2. The molecule has 122 valence electrons. The zero-order chi connectivity index (χ0) is 16.5. The van der Waals surface area contributed by atoms with Crippen molar-refractivity contribution in [3.05, 3.63) is 24.3 Å². The maximum atomic E-state index is 11.9. The second kappa shape index (κ2) is 8.92. The second-order valence-electron chi connectivity index (χ2n) is 5.08. The van der Waals surface area contributed by atoms with Gasteiger partial charge in [0.1, 0.15) is 6.04 Å².